The largest absolute Gasteiger partial charge is 0.463 e. The maximum absolute atomic E-state index is 14.2. The summed E-state index contributed by atoms with van der Waals surface area (Å²) in [6.45, 7) is 1.73. The number of hydrogen-bond acceptors (Lipinski definition) is 6. The van der Waals surface area contributed by atoms with Crippen molar-refractivity contribution in [2.24, 2.45) is 0 Å². The fourth-order valence-corrected chi connectivity index (χ4v) is 4.43. The van der Waals surface area contributed by atoms with Gasteiger partial charge in [-0.15, -0.1) is 0 Å². The van der Waals surface area contributed by atoms with Crippen molar-refractivity contribution < 1.29 is 18.3 Å². The summed E-state index contributed by atoms with van der Waals surface area (Å²) in [6.07, 6.45) is 4.56. The Labute approximate surface area is 179 Å². The summed E-state index contributed by atoms with van der Waals surface area (Å²) >= 11 is 0. The van der Waals surface area contributed by atoms with Crippen LogP contribution < -0.4 is 4.90 Å². The number of carbonyl (C=O) groups excluding carboxylic acids is 1. The number of likely N-dealkylation sites (N-methyl/N-ethyl adjacent to an activating group) is 1. The van der Waals surface area contributed by atoms with Crippen LogP contribution >= 0.6 is 0 Å². The standard InChI is InChI=1S/C14H17F2N5.C8H8O2/c1-20-8-14(15,16)13(20)4-2-6-21(7-13)12-10-3-5-17-11(10)18-9-19-12;9-7-10-6-8-4-2-1-3-5-8/h3,5,9H,2,4,6-8H2,1H3,(H,17,18,19);1-5,7H,6H2. The molecule has 9 heteroatoms. The van der Waals surface area contributed by atoms with E-state index in [1.54, 1.807) is 18.1 Å². The topological polar surface area (TPSA) is 74.4 Å². The molecule has 7 nitrogen and oxygen atoms in total. The summed E-state index contributed by atoms with van der Waals surface area (Å²) in [7, 11) is 1.78. The van der Waals surface area contributed by atoms with Gasteiger partial charge in [-0.3, -0.25) is 9.69 Å². The summed E-state index contributed by atoms with van der Waals surface area (Å²) in [5, 5.41) is 0.889. The van der Waals surface area contributed by atoms with E-state index in [2.05, 4.69) is 19.7 Å². The minimum atomic E-state index is -2.62. The van der Waals surface area contributed by atoms with E-state index < -0.39 is 11.5 Å². The third-order valence-corrected chi connectivity index (χ3v) is 6.11. The van der Waals surface area contributed by atoms with Gasteiger partial charge in [-0.05, 0) is 31.5 Å². The molecule has 0 radical (unpaired) electrons. The van der Waals surface area contributed by atoms with E-state index in [0.29, 0.717) is 26.0 Å². The van der Waals surface area contributed by atoms with Crippen LogP contribution in [0.25, 0.3) is 11.0 Å². The lowest BCUT2D eigenvalue weighted by molar-refractivity contribution is -0.238. The SMILES string of the molecule is CN1CC(F)(F)C12CCCN(c1ncnc3[nH]ccc13)C2.O=COCc1ccccc1. The molecule has 0 saturated carbocycles. The van der Waals surface area contributed by atoms with E-state index in [4.69, 9.17) is 0 Å². The quantitative estimate of drug-likeness (QED) is 0.642. The maximum Gasteiger partial charge on any atom is 0.293 e. The Hall–Kier alpha value is -3.07. The Kier molecular flexibility index (Phi) is 5.86. The van der Waals surface area contributed by atoms with Crippen molar-refractivity contribution in [1.82, 2.24) is 19.9 Å². The van der Waals surface area contributed by atoms with Crippen molar-refractivity contribution in [2.45, 2.75) is 30.9 Å². The zero-order valence-electron chi connectivity index (χ0n) is 17.3. The first-order valence-corrected chi connectivity index (χ1v) is 10.2. The third kappa shape index (κ3) is 3.97. The molecular weight excluding hydrogens is 404 g/mol. The molecule has 2 fully saturated rings. The number of nitrogens with zero attached hydrogens (tertiary/aromatic N) is 4. The van der Waals surface area contributed by atoms with Gasteiger partial charge in [0.05, 0.1) is 11.9 Å². The smallest absolute Gasteiger partial charge is 0.293 e. The molecule has 2 aliphatic heterocycles. The summed E-state index contributed by atoms with van der Waals surface area (Å²) in [5.41, 5.74) is 0.710. The fourth-order valence-electron chi connectivity index (χ4n) is 4.43. The number of aromatic amines is 1. The lowest BCUT2D eigenvalue weighted by Crippen LogP contribution is -2.78. The van der Waals surface area contributed by atoms with Crippen LogP contribution in [0.1, 0.15) is 18.4 Å². The Morgan fingerprint density at radius 3 is 2.71 bits per heavy atom. The number of H-pyrrole nitrogens is 1. The molecule has 0 aliphatic carbocycles. The number of nitrogens with one attached hydrogen (secondary N) is 1. The molecule has 31 heavy (non-hydrogen) atoms. The highest BCUT2D eigenvalue weighted by Crippen LogP contribution is 2.49. The Morgan fingerprint density at radius 1 is 1.19 bits per heavy atom. The molecule has 1 atom stereocenters. The molecule has 0 bridgehead atoms. The van der Waals surface area contributed by atoms with Crippen molar-refractivity contribution in [3.8, 4) is 0 Å². The predicted molar refractivity (Wildman–Crippen MR) is 113 cm³/mol. The second-order valence-electron chi connectivity index (χ2n) is 7.95. The number of alkyl halides is 2. The fraction of sp³-hybridized carbons (Fsp3) is 0.409. The van der Waals surface area contributed by atoms with Gasteiger partial charge >= 0.3 is 0 Å². The number of benzene rings is 1. The number of hydrogen-bond donors (Lipinski definition) is 1. The lowest BCUT2D eigenvalue weighted by Gasteiger charge is -2.60. The van der Waals surface area contributed by atoms with Gasteiger partial charge in [-0.1, -0.05) is 30.3 Å². The molecule has 1 unspecified atom stereocenters. The molecule has 3 aromatic rings. The number of piperidine rings is 1. The second kappa shape index (κ2) is 8.58. The van der Waals surface area contributed by atoms with E-state index in [1.165, 1.54) is 6.33 Å². The number of ether oxygens (including phenoxy) is 1. The van der Waals surface area contributed by atoms with Crippen molar-refractivity contribution in [1.29, 1.82) is 0 Å². The van der Waals surface area contributed by atoms with Gasteiger partial charge in [0, 0.05) is 19.3 Å². The molecule has 2 saturated heterocycles. The predicted octanol–water partition coefficient (Wildman–Crippen LogP) is 3.24. The van der Waals surface area contributed by atoms with Gasteiger partial charge in [-0.2, -0.15) is 0 Å². The molecule has 1 N–H and O–H groups in total. The minimum absolute atomic E-state index is 0.149. The molecule has 1 spiro atoms. The van der Waals surface area contributed by atoms with Crippen molar-refractivity contribution in [3.05, 3.63) is 54.5 Å². The van der Waals surface area contributed by atoms with Crippen LogP contribution in [0.5, 0.6) is 0 Å². The van der Waals surface area contributed by atoms with Gasteiger partial charge in [-0.25, -0.2) is 18.7 Å². The summed E-state index contributed by atoms with van der Waals surface area (Å²) < 4.78 is 32.9. The van der Waals surface area contributed by atoms with E-state index >= 15 is 0 Å². The monoisotopic (exact) mass is 429 g/mol. The van der Waals surface area contributed by atoms with Gasteiger partial charge < -0.3 is 14.6 Å². The molecule has 4 heterocycles. The van der Waals surface area contributed by atoms with Crippen LogP contribution in [-0.2, 0) is 16.1 Å². The van der Waals surface area contributed by atoms with Gasteiger partial charge in [0.1, 0.15) is 29.9 Å². The average molecular weight is 429 g/mol. The molecule has 0 amide bonds. The van der Waals surface area contributed by atoms with Crippen LogP contribution in [0.15, 0.2) is 48.9 Å². The molecular formula is C22H25F2N5O2. The maximum atomic E-state index is 14.2. The normalized spacial score (nSPS) is 22.5. The number of anilines is 1. The summed E-state index contributed by atoms with van der Waals surface area (Å²) in [4.78, 5) is 25.0. The van der Waals surface area contributed by atoms with Crippen LogP contribution in [0, 0.1) is 0 Å². The number of aromatic nitrogens is 3. The zero-order chi connectivity index (χ0) is 21.9. The lowest BCUT2D eigenvalue weighted by atomic mass is 9.74. The number of likely N-dealkylation sites (tertiary alicyclic amines) is 1. The number of rotatable bonds is 4. The van der Waals surface area contributed by atoms with E-state index in [-0.39, 0.29) is 6.54 Å². The third-order valence-electron chi connectivity index (χ3n) is 6.11. The number of carbonyl (C=O) groups is 1. The highest BCUT2D eigenvalue weighted by molar-refractivity contribution is 5.87. The molecule has 1 aromatic carbocycles. The Bertz CT molecular complexity index is 1030. The Morgan fingerprint density at radius 2 is 2.00 bits per heavy atom. The minimum Gasteiger partial charge on any atom is -0.463 e. The number of fused-ring (bicyclic) bond motifs is 1. The Balaban J connectivity index is 0.000000196. The average Bonchev–Trinajstić information content (AvgIpc) is 3.28. The van der Waals surface area contributed by atoms with Crippen LogP contribution in [-0.4, -0.2) is 64.5 Å². The molecule has 5 rings (SSSR count). The highest BCUT2D eigenvalue weighted by atomic mass is 19.3. The van der Waals surface area contributed by atoms with Crippen LogP contribution in [0.3, 0.4) is 0 Å². The van der Waals surface area contributed by atoms with E-state index in [1.807, 2.05) is 41.3 Å². The molecule has 2 aliphatic rings. The van der Waals surface area contributed by atoms with Gasteiger partial charge in [0.2, 0.25) is 0 Å². The summed E-state index contributed by atoms with van der Waals surface area (Å²) in [6, 6.07) is 11.4. The highest BCUT2D eigenvalue weighted by Gasteiger charge is 2.66. The number of halogens is 2. The molecule has 2 aromatic heterocycles. The molecule has 164 valence electrons. The first kappa shape index (κ1) is 21.2. The summed E-state index contributed by atoms with van der Waals surface area (Å²) in [5.74, 6) is -1.87. The van der Waals surface area contributed by atoms with Crippen LogP contribution in [0.4, 0.5) is 14.6 Å². The van der Waals surface area contributed by atoms with Gasteiger partial charge in [0.15, 0.2) is 0 Å². The first-order chi connectivity index (χ1) is 15.0. The van der Waals surface area contributed by atoms with E-state index in [9.17, 15) is 13.6 Å². The van der Waals surface area contributed by atoms with Crippen molar-refractivity contribution in [2.75, 3.05) is 31.6 Å². The van der Waals surface area contributed by atoms with E-state index in [0.717, 1.165) is 35.4 Å². The zero-order valence-corrected chi connectivity index (χ0v) is 17.3. The van der Waals surface area contributed by atoms with Gasteiger partial charge in [0.25, 0.3) is 12.4 Å². The van der Waals surface area contributed by atoms with Crippen molar-refractivity contribution in [3.63, 3.8) is 0 Å². The van der Waals surface area contributed by atoms with Crippen LogP contribution in [0.2, 0.25) is 0 Å². The first-order valence-electron chi connectivity index (χ1n) is 10.2. The second-order valence-corrected chi connectivity index (χ2v) is 7.95. The van der Waals surface area contributed by atoms with Crippen molar-refractivity contribution >= 4 is 23.3 Å².